The summed E-state index contributed by atoms with van der Waals surface area (Å²) in [5, 5.41) is 9.86. The van der Waals surface area contributed by atoms with E-state index >= 15 is 0 Å². The molecule has 6 heteroatoms. The first-order valence-electron chi connectivity index (χ1n) is 12.4. The Labute approximate surface area is 203 Å². The van der Waals surface area contributed by atoms with Crippen molar-refractivity contribution in [3.8, 4) is 6.07 Å². The molecule has 1 aromatic carbocycles. The highest BCUT2D eigenvalue weighted by Crippen LogP contribution is 2.65. The molecule has 0 aliphatic heterocycles. The lowest BCUT2D eigenvalue weighted by atomic mass is 9.50. The Balaban J connectivity index is 1.43. The van der Waals surface area contributed by atoms with Crippen LogP contribution in [-0.2, 0) is 19.1 Å². The molecule has 1 aromatic rings. The predicted octanol–water partition coefficient (Wildman–Crippen LogP) is 5.37. The van der Waals surface area contributed by atoms with Crippen LogP contribution in [0.4, 0.5) is 0 Å². The molecule has 0 amide bonds. The van der Waals surface area contributed by atoms with Gasteiger partial charge in [-0.15, -0.1) is 0 Å². The van der Waals surface area contributed by atoms with E-state index in [1.807, 2.05) is 6.92 Å². The number of hydrogen-bond donors (Lipinski definition) is 0. The maximum atomic E-state index is 12.9. The quantitative estimate of drug-likeness (QED) is 0.428. The average molecular weight is 480 g/mol. The van der Waals surface area contributed by atoms with Crippen LogP contribution in [-0.4, -0.2) is 20.8 Å². The van der Waals surface area contributed by atoms with Gasteiger partial charge in [0.1, 0.15) is 0 Å². The lowest BCUT2D eigenvalue weighted by molar-refractivity contribution is -0.116. The summed E-state index contributed by atoms with van der Waals surface area (Å²) in [4.78, 5) is 12.5. The highest BCUT2D eigenvalue weighted by molar-refractivity contribution is 7.86. The summed E-state index contributed by atoms with van der Waals surface area (Å²) >= 11 is 0. The molecule has 4 aliphatic rings. The highest BCUT2D eigenvalue weighted by Gasteiger charge is 2.58. The lowest BCUT2D eigenvalue weighted by Gasteiger charge is -2.55. The van der Waals surface area contributed by atoms with Crippen molar-refractivity contribution >= 4 is 15.9 Å². The van der Waals surface area contributed by atoms with Crippen LogP contribution in [0.25, 0.3) is 0 Å². The third kappa shape index (κ3) is 3.78. The second-order valence-corrected chi connectivity index (χ2v) is 12.8. The normalized spacial score (nSPS) is 37.3. The summed E-state index contributed by atoms with van der Waals surface area (Å²) < 4.78 is 31.4. The molecule has 0 unspecified atom stereocenters. The Kier molecular flexibility index (Phi) is 5.85. The molecule has 3 saturated carbocycles. The monoisotopic (exact) mass is 479 g/mol. The third-order valence-corrected chi connectivity index (χ3v) is 10.6. The average Bonchev–Trinajstić information content (AvgIpc) is 3.07. The van der Waals surface area contributed by atoms with E-state index in [9.17, 15) is 18.5 Å². The molecule has 0 bridgehead atoms. The van der Waals surface area contributed by atoms with Crippen molar-refractivity contribution in [2.75, 3.05) is 6.61 Å². The molecule has 0 radical (unpaired) electrons. The Bertz CT molecular complexity index is 1190. The van der Waals surface area contributed by atoms with Crippen LogP contribution in [0.2, 0.25) is 0 Å². The van der Waals surface area contributed by atoms with E-state index in [2.05, 4.69) is 19.6 Å². The van der Waals surface area contributed by atoms with Gasteiger partial charge < -0.3 is 0 Å². The Morgan fingerprint density at radius 1 is 1.21 bits per heavy atom. The fraction of sp³-hybridized carbons (Fsp3) is 0.571. The van der Waals surface area contributed by atoms with Gasteiger partial charge in [-0.05, 0) is 86.3 Å². The molecule has 5 nitrogen and oxygen atoms in total. The molecular formula is C28H33NO4S. The number of nitrogens with zero attached hydrogens (tertiary/aromatic N) is 1. The van der Waals surface area contributed by atoms with Crippen molar-refractivity contribution in [3.05, 3.63) is 53.6 Å². The number of ketones is 1. The van der Waals surface area contributed by atoms with Crippen LogP contribution in [0.1, 0.15) is 51.0 Å². The van der Waals surface area contributed by atoms with Crippen molar-refractivity contribution < 1.29 is 17.4 Å². The fourth-order valence-corrected chi connectivity index (χ4v) is 8.59. The van der Waals surface area contributed by atoms with Crippen LogP contribution in [0.15, 0.2) is 53.0 Å². The molecule has 3 fully saturated rings. The van der Waals surface area contributed by atoms with Gasteiger partial charge in [-0.1, -0.05) is 42.3 Å². The van der Waals surface area contributed by atoms with Crippen molar-refractivity contribution in [2.45, 2.75) is 57.3 Å². The van der Waals surface area contributed by atoms with Crippen molar-refractivity contribution in [1.82, 2.24) is 0 Å². The summed E-state index contributed by atoms with van der Waals surface area (Å²) in [5.41, 5.74) is 3.05. The van der Waals surface area contributed by atoms with E-state index in [4.69, 9.17) is 4.18 Å². The van der Waals surface area contributed by atoms with Gasteiger partial charge in [0.15, 0.2) is 5.78 Å². The summed E-state index contributed by atoms with van der Waals surface area (Å²) in [6.07, 6.45) is 6.91. The zero-order valence-corrected chi connectivity index (χ0v) is 20.8. The fourth-order valence-electron chi connectivity index (χ4n) is 7.64. The lowest BCUT2D eigenvalue weighted by Crippen LogP contribution is -2.49. The van der Waals surface area contributed by atoms with Gasteiger partial charge in [0, 0.05) is 12.3 Å². The summed E-state index contributed by atoms with van der Waals surface area (Å²) in [6, 6.07) is 9.21. The molecule has 34 heavy (non-hydrogen) atoms. The Morgan fingerprint density at radius 3 is 2.65 bits per heavy atom. The van der Waals surface area contributed by atoms with Gasteiger partial charge in [0.2, 0.25) is 0 Å². The van der Waals surface area contributed by atoms with E-state index in [0.717, 1.165) is 48.8 Å². The first-order valence-corrected chi connectivity index (χ1v) is 13.8. The van der Waals surface area contributed by atoms with Crippen LogP contribution in [0.5, 0.6) is 0 Å². The number of carbonyl (C=O) groups is 1. The SMILES string of the molecule is C=C1C[C@H]2[C@@H]3C[C@H](COS(=O)(=O)c4ccc(C)cc4)C4=CC(=O)CC[C@@H]4[C@H]3CC[C@]2(C)[C@H]1C#N. The first kappa shape index (κ1) is 23.5. The van der Waals surface area contributed by atoms with Crippen molar-refractivity contribution in [1.29, 1.82) is 5.26 Å². The van der Waals surface area contributed by atoms with Gasteiger partial charge in [-0.3, -0.25) is 8.98 Å². The molecule has 5 rings (SSSR count). The van der Waals surface area contributed by atoms with Crippen LogP contribution in [0, 0.1) is 59.2 Å². The van der Waals surface area contributed by atoms with Gasteiger partial charge in [-0.25, -0.2) is 0 Å². The number of aryl methyl sites for hydroxylation is 1. The third-order valence-electron chi connectivity index (χ3n) is 9.35. The van der Waals surface area contributed by atoms with Crippen molar-refractivity contribution in [2.24, 2.45) is 40.9 Å². The zero-order chi connectivity index (χ0) is 24.3. The molecule has 0 heterocycles. The van der Waals surface area contributed by atoms with Crippen molar-refractivity contribution in [3.63, 3.8) is 0 Å². The van der Waals surface area contributed by atoms with E-state index in [1.54, 1.807) is 30.3 Å². The number of allylic oxidation sites excluding steroid dienone is 1. The highest BCUT2D eigenvalue weighted by atomic mass is 32.2. The molecule has 7 atom stereocenters. The Hall–Kier alpha value is -2.23. The number of nitriles is 1. The topological polar surface area (TPSA) is 84.2 Å². The van der Waals surface area contributed by atoms with E-state index in [-0.39, 0.29) is 34.5 Å². The summed E-state index contributed by atoms with van der Waals surface area (Å²) in [5.74, 6) is 1.46. The first-order chi connectivity index (χ1) is 16.1. The van der Waals surface area contributed by atoms with Gasteiger partial charge in [0.05, 0.1) is 23.5 Å². The van der Waals surface area contributed by atoms with Gasteiger partial charge >= 0.3 is 0 Å². The molecule has 0 spiro atoms. The summed E-state index contributed by atoms with van der Waals surface area (Å²) in [7, 11) is -3.88. The minimum atomic E-state index is -3.88. The number of hydrogen-bond acceptors (Lipinski definition) is 5. The number of benzene rings is 1. The van der Waals surface area contributed by atoms with E-state index in [1.165, 1.54) is 0 Å². The van der Waals surface area contributed by atoms with Crippen LogP contribution in [0.3, 0.4) is 0 Å². The molecule has 0 N–H and O–H groups in total. The largest absolute Gasteiger partial charge is 0.296 e. The number of rotatable bonds is 4. The van der Waals surface area contributed by atoms with E-state index < -0.39 is 10.1 Å². The minimum Gasteiger partial charge on any atom is -0.295 e. The van der Waals surface area contributed by atoms with Gasteiger partial charge in [-0.2, -0.15) is 13.7 Å². The second kappa shape index (κ2) is 8.46. The predicted molar refractivity (Wildman–Crippen MR) is 129 cm³/mol. The molecule has 0 aromatic heterocycles. The Morgan fingerprint density at radius 2 is 1.94 bits per heavy atom. The second-order valence-electron chi connectivity index (χ2n) is 11.1. The molecule has 4 aliphatic carbocycles. The zero-order valence-electron chi connectivity index (χ0n) is 20.0. The maximum absolute atomic E-state index is 12.9. The van der Waals surface area contributed by atoms with Crippen LogP contribution < -0.4 is 0 Å². The molecule has 180 valence electrons. The van der Waals surface area contributed by atoms with E-state index in [0.29, 0.717) is 30.1 Å². The summed E-state index contributed by atoms with van der Waals surface area (Å²) in [6.45, 7) is 8.47. The maximum Gasteiger partial charge on any atom is 0.296 e. The minimum absolute atomic E-state index is 0.0566. The van der Waals surface area contributed by atoms with Gasteiger partial charge in [0.25, 0.3) is 10.1 Å². The molecular weight excluding hydrogens is 446 g/mol. The number of carbonyl (C=O) groups excluding carboxylic acids is 1. The van der Waals surface area contributed by atoms with Crippen LogP contribution >= 0.6 is 0 Å². The number of fused-ring (bicyclic) bond motifs is 5. The molecule has 0 saturated heterocycles. The standard InChI is InChI=1S/C28H33NO4S/c1-17-4-7-21(8-5-17)34(31,32)33-16-19-13-25-23(22-9-6-20(30)14-24(19)22)10-11-28(3)26(25)12-18(2)27(28)15-29/h4-5,7-8,14,19,22-23,25-27H,2,6,9-13,16H2,1,3H3/t19-,22-,23-,25-,26+,27+,28+/m1/s1. The smallest absolute Gasteiger partial charge is 0.295 e.